The van der Waals surface area contributed by atoms with Crippen molar-refractivity contribution in [1.82, 2.24) is 0 Å². The second kappa shape index (κ2) is 7.98. The molecule has 7 heteroatoms. The van der Waals surface area contributed by atoms with Crippen LogP contribution in [-0.4, -0.2) is 40.7 Å². The molecule has 0 saturated heterocycles. The van der Waals surface area contributed by atoms with Gasteiger partial charge in [-0.25, -0.2) is 0 Å². The molecular weight excluding hydrogens is 354 g/mol. The van der Waals surface area contributed by atoms with E-state index >= 15 is 0 Å². The molecule has 0 amide bonds. The molecule has 0 fully saturated rings. The molecule has 0 aliphatic carbocycles. The summed E-state index contributed by atoms with van der Waals surface area (Å²) >= 11 is 7.07. The normalized spacial score (nSPS) is 9.67. The summed E-state index contributed by atoms with van der Waals surface area (Å²) in [6, 6.07) is 5.52. The molecule has 15 heavy (non-hydrogen) atoms. The third-order valence-corrected chi connectivity index (χ3v) is 1.58. The standard InChI is InChI=1S/C8H10O.In.H3O2PS2.3H/c1-6-4-3-5-8(9)7(6)2;;1-3(2,4)5;;;/h3-5,9H,1-2H3;;(H3,1,2,4,5);;;. The Kier molecular flexibility index (Phi) is 9.68. The number of hydrogen-bond donors (Lipinski definition) is 4. The number of phenols is 1. The average molecular weight is 370 g/mol. The zero-order valence-electron chi connectivity index (χ0n) is 7.88. The zero-order chi connectivity index (χ0) is 11.4. The Morgan fingerprint density at radius 2 is 1.67 bits per heavy atom. The molecule has 0 aliphatic rings. The third-order valence-electron chi connectivity index (χ3n) is 1.58. The molecule has 0 unspecified atom stereocenters. The van der Waals surface area contributed by atoms with Crippen LogP contribution >= 0.6 is 17.9 Å². The van der Waals surface area contributed by atoms with Crippen molar-refractivity contribution in [2.24, 2.45) is 0 Å². The van der Waals surface area contributed by atoms with Gasteiger partial charge in [0, 0.05) is 0 Å². The average Bonchev–Trinajstić information content (AvgIpc) is 1.97. The number of rotatable bonds is 0. The molecule has 0 atom stereocenters. The van der Waals surface area contributed by atoms with Gasteiger partial charge in [0.2, 0.25) is 5.69 Å². The summed E-state index contributed by atoms with van der Waals surface area (Å²) in [7, 11) is 0. The van der Waals surface area contributed by atoms with Gasteiger partial charge in [-0.1, -0.05) is 24.4 Å². The van der Waals surface area contributed by atoms with E-state index in [1.165, 1.54) is 0 Å². The molecule has 0 saturated carbocycles. The van der Waals surface area contributed by atoms with Gasteiger partial charge in [0.15, 0.2) is 0 Å². The van der Waals surface area contributed by atoms with Crippen LogP contribution < -0.4 is 0 Å². The van der Waals surface area contributed by atoms with Crippen molar-refractivity contribution in [2.45, 2.75) is 13.8 Å². The fraction of sp³-hybridized carbons (Fsp3) is 0.250. The Bertz CT molecular complexity index is 325. The number of phenolic OH excluding ortho intramolecular Hbond substituents is 1. The molecule has 0 aliphatic heterocycles. The van der Waals surface area contributed by atoms with E-state index in [9.17, 15) is 0 Å². The summed E-state index contributed by atoms with van der Waals surface area (Å²) in [5, 5.41) is 9.10. The van der Waals surface area contributed by atoms with E-state index in [1.807, 2.05) is 26.0 Å². The van der Waals surface area contributed by atoms with Gasteiger partial charge in [-0.3, -0.25) is 0 Å². The summed E-state index contributed by atoms with van der Waals surface area (Å²) in [6.07, 6.45) is 0. The van der Waals surface area contributed by atoms with E-state index in [-0.39, 0.29) is 25.8 Å². The van der Waals surface area contributed by atoms with Gasteiger partial charge < -0.3 is 14.9 Å². The molecule has 1 aromatic carbocycles. The maximum absolute atomic E-state index is 9.10. The summed E-state index contributed by atoms with van der Waals surface area (Å²) in [4.78, 5) is 15.7. The molecule has 0 radical (unpaired) electrons. The number of benzene rings is 1. The summed E-state index contributed by atoms with van der Waals surface area (Å²) in [5.41, 5.74) is -1.01. The Morgan fingerprint density at radius 3 is 1.93 bits per heavy atom. The van der Waals surface area contributed by atoms with E-state index in [4.69, 9.17) is 14.9 Å². The fourth-order valence-electron chi connectivity index (χ4n) is 0.736. The van der Waals surface area contributed by atoms with Crippen LogP contribution in [-0.2, 0) is 11.8 Å². The molecule has 1 rings (SSSR count). The van der Waals surface area contributed by atoms with Gasteiger partial charge in [0.1, 0.15) is 5.75 Å². The van der Waals surface area contributed by atoms with E-state index in [2.05, 4.69) is 24.1 Å². The molecule has 0 heterocycles. The second-order valence-corrected chi connectivity index (χ2v) is 7.77. The molecule has 0 spiro atoms. The first-order valence-electron chi connectivity index (χ1n) is 3.75. The number of hydrogen-bond acceptors (Lipinski definition) is 2. The molecule has 3 N–H and O–H groups in total. The zero-order valence-corrected chi connectivity index (χ0v) is 10.5. The number of thiol groups is 1. The Hall–Kier alpha value is 0.810. The second-order valence-electron chi connectivity index (χ2n) is 2.73. The quantitative estimate of drug-likeness (QED) is 0.406. The molecule has 86 valence electrons. The first-order chi connectivity index (χ1) is 6.22. The molecule has 3 nitrogen and oxygen atoms in total. The predicted molar refractivity (Wildman–Crippen MR) is 75.2 cm³/mol. The van der Waals surface area contributed by atoms with Gasteiger partial charge in [-0.05, 0) is 42.8 Å². The van der Waals surface area contributed by atoms with Crippen molar-refractivity contribution >= 4 is 55.6 Å². The molecule has 1 aromatic rings. The Morgan fingerprint density at radius 1 is 1.27 bits per heavy atom. The number of aryl methyl sites for hydroxylation is 1. The first-order valence-corrected chi connectivity index (χ1v) is 7.61. The molecule has 0 bridgehead atoms. The van der Waals surface area contributed by atoms with Gasteiger partial charge in [0.05, 0.1) is 0 Å². The van der Waals surface area contributed by atoms with E-state index in [1.54, 1.807) is 6.07 Å². The van der Waals surface area contributed by atoms with Gasteiger partial charge >= 0.3 is 25.8 Å². The van der Waals surface area contributed by atoms with Gasteiger partial charge in [-0.15, -0.1) is 0 Å². The van der Waals surface area contributed by atoms with Crippen molar-refractivity contribution in [1.29, 1.82) is 0 Å². The van der Waals surface area contributed by atoms with Gasteiger partial charge in [0.25, 0.3) is 0 Å². The van der Waals surface area contributed by atoms with Crippen molar-refractivity contribution in [3.8, 4) is 5.75 Å². The summed E-state index contributed by atoms with van der Waals surface area (Å²) in [5.74, 6) is 0.384. The van der Waals surface area contributed by atoms with Crippen molar-refractivity contribution < 1.29 is 14.9 Å². The fourth-order valence-corrected chi connectivity index (χ4v) is 0.736. The number of aromatic hydroxyl groups is 1. The van der Waals surface area contributed by atoms with Crippen molar-refractivity contribution in [3.05, 3.63) is 29.3 Å². The Balaban J connectivity index is 0. The van der Waals surface area contributed by atoms with Crippen LogP contribution in [0, 0.1) is 13.8 Å². The molecule has 0 aromatic heterocycles. The third kappa shape index (κ3) is 11.1. The van der Waals surface area contributed by atoms with Crippen LogP contribution in [0.5, 0.6) is 5.75 Å². The van der Waals surface area contributed by atoms with Gasteiger partial charge in [-0.2, -0.15) is 0 Å². The van der Waals surface area contributed by atoms with E-state index < -0.39 is 5.69 Å². The Labute approximate surface area is 119 Å². The van der Waals surface area contributed by atoms with Crippen LogP contribution in [0.3, 0.4) is 0 Å². The van der Waals surface area contributed by atoms with E-state index in [0.717, 1.165) is 11.1 Å². The van der Waals surface area contributed by atoms with Crippen LogP contribution in [0.4, 0.5) is 0 Å². The van der Waals surface area contributed by atoms with Crippen LogP contribution in [0.15, 0.2) is 18.2 Å². The van der Waals surface area contributed by atoms with Crippen LogP contribution in [0.1, 0.15) is 11.1 Å². The maximum atomic E-state index is 9.10. The monoisotopic (exact) mass is 370 g/mol. The van der Waals surface area contributed by atoms with E-state index in [0.29, 0.717) is 5.75 Å². The van der Waals surface area contributed by atoms with Crippen LogP contribution in [0.2, 0.25) is 0 Å². The first kappa shape index (κ1) is 18.2. The molecular formula is C8H16InO3PS2. The summed E-state index contributed by atoms with van der Waals surface area (Å²) < 4.78 is 0. The SMILES string of the molecule is Cc1cccc(O)c1C.OP(O)(=S)S.[InH3]. The minimum atomic E-state index is -3.11. The van der Waals surface area contributed by atoms with Crippen molar-refractivity contribution in [3.63, 3.8) is 0 Å². The van der Waals surface area contributed by atoms with Crippen LogP contribution in [0.25, 0.3) is 0 Å². The topological polar surface area (TPSA) is 60.7 Å². The minimum absolute atomic E-state index is 0. The summed E-state index contributed by atoms with van der Waals surface area (Å²) in [6.45, 7) is 3.89. The predicted octanol–water partition coefficient (Wildman–Crippen LogP) is 0.950. The van der Waals surface area contributed by atoms with Crippen molar-refractivity contribution in [2.75, 3.05) is 0 Å².